The average molecular weight is 512 g/mol. The monoisotopic (exact) mass is 511 g/mol. The minimum atomic E-state index is -3.85. The van der Waals surface area contributed by atoms with Crippen molar-refractivity contribution in [3.63, 3.8) is 0 Å². The summed E-state index contributed by atoms with van der Waals surface area (Å²) in [7, 11) is -3.85. The van der Waals surface area contributed by atoms with Gasteiger partial charge in [0.15, 0.2) is 0 Å². The predicted octanol–water partition coefficient (Wildman–Crippen LogP) is 9.11. The zero-order valence-corrected chi connectivity index (χ0v) is 23.5. The van der Waals surface area contributed by atoms with Crippen LogP contribution in [0.5, 0.6) is 0 Å². The first-order valence-corrected chi connectivity index (χ1v) is 21.1. The molecule has 0 aliphatic heterocycles. The van der Waals surface area contributed by atoms with Crippen LogP contribution in [0.2, 0.25) is 22.3 Å². The van der Waals surface area contributed by atoms with Gasteiger partial charge in [-0.05, 0) is 0 Å². The Balaban J connectivity index is 3.29. The van der Waals surface area contributed by atoms with Gasteiger partial charge in [0.25, 0.3) is 0 Å². The topological polar surface area (TPSA) is 55.8 Å². The first kappa shape index (κ1) is 30.7. The summed E-state index contributed by atoms with van der Waals surface area (Å²) in [4.78, 5) is 9.69. The van der Waals surface area contributed by atoms with Crippen molar-refractivity contribution < 1.29 is 18.5 Å². The second-order valence-electron chi connectivity index (χ2n) is 9.81. The Kier molecular flexibility index (Phi) is 20.7. The zero-order valence-electron chi connectivity index (χ0n) is 20.7. The van der Waals surface area contributed by atoms with E-state index in [0.29, 0.717) is 13.2 Å². The molecule has 0 spiro atoms. The van der Waals surface area contributed by atoms with Gasteiger partial charge in [0.05, 0.1) is 0 Å². The number of unbranched alkanes of at least 4 members (excludes halogenated alkanes) is 15. The van der Waals surface area contributed by atoms with E-state index in [1.165, 1.54) is 89.9 Å². The van der Waals surface area contributed by atoms with E-state index in [9.17, 15) is 9.46 Å². The Morgan fingerprint density at radius 2 is 0.933 bits per heavy atom. The molecule has 183 valence electrons. The van der Waals surface area contributed by atoms with Crippen molar-refractivity contribution >= 4 is 21.4 Å². The number of phosphoric ester groups is 1. The van der Waals surface area contributed by atoms with Crippen LogP contribution in [-0.4, -0.2) is 31.7 Å². The Hall–Kier alpha value is 0.668. The van der Waals surface area contributed by atoms with E-state index in [2.05, 4.69) is 24.1 Å². The van der Waals surface area contributed by atoms with Gasteiger partial charge in [-0.15, -0.1) is 0 Å². The van der Waals surface area contributed by atoms with Crippen LogP contribution in [0.25, 0.3) is 0 Å². The third-order valence-corrected chi connectivity index (χ3v) is 9.98. The molecular weight excluding hydrogens is 458 g/mol. The van der Waals surface area contributed by atoms with Crippen LogP contribution in [0.15, 0.2) is 0 Å². The van der Waals surface area contributed by atoms with Crippen molar-refractivity contribution in [3.05, 3.63) is 0 Å². The molecule has 0 aliphatic carbocycles. The SMILES string of the molecule is CCCCCCCCCCCCCCCCCCOP(=O)(O)OCCC[As](C)(C)C. The number of hydrogen-bond donors (Lipinski definition) is 1. The molecule has 0 saturated carbocycles. The summed E-state index contributed by atoms with van der Waals surface area (Å²) in [6.45, 7) is 2.92. The molecule has 1 radical (unpaired) electrons. The number of phosphoric acid groups is 1. The van der Waals surface area contributed by atoms with Crippen LogP contribution < -0.4 is 0 Å². The number of hydrogen-bond acceptors (Lipinski definition) is 3. The summed E-state index contributed by atoms with van der Waals surface area (Å²) >= 11 is -1.43. The molecule has 0 aromatic heterocycles. The fourth-order valence-corrected chi connectivity index (χ4v) is 6.64. The van der Waals surface area contributed by atoms with Crippen molar-refractivity contribution in [2.75, 3.05) is 13.2 Å². The second-order valence-corrected chi connectivity index (χ2v) is 21.8. The molecule has 1 N–H and O–H groups in total. The molecule has 0 aliphatic rings. The van der Waals surface area contributed by atoms with E-state index in [-0.39, 0.29) is 0 Å². The van der Waals surface area contributed by atoms with E-state index in [1.807, 2.05) is 0 Å². The third kappa shape index (κ3) is 24.9. The summed E-state index contributed by atoms with van der Waals surface area (Å²) < 4.78 is 22.0. The molecule has 1 unspecified atom stereocenters. The summed E-state index contributed by atoms with van der Waals surface area (Å²) in [6, 6.07) is 0. The predicted molar refractivity (Wildman–Crippen MR) is 134 cm³/mol. The molecule has 0 aromatic carbocycles. The van der Waals surface area contributed by atoms with E-state index in [4.69, 9.17) is 9.05 Å². The molecule has 1 atom stereocenters. The van der Waals surface area contributed by atoms with Crippen LogP contribution in [-0.2, 0) is 13.6 Å². The Bertz CT molecular complexity index is 413. The summed E-state index contributed by atoms with van der Waals surface area (Å²) in [5.41, 5.74) is 6.97. The molecule has 0 amide bonds. The molecule has 30 heavy (non-hydrogen) atoms. The van der Waals surface area contributed by atoms with Crippen LogP contribution in [0.1, 0.15) is 116 Å². The molecule has 0 fully saturated rings. The molecule has 0 heterocycles. The van der Waals surface area contributed by atoms with E-state index < -0.39 is 21.4 Å². The van der Waals surface area contributed by atoms with Crippen molar-refractivity contribution in [3.8, 4) is 0 Å². The third-order valence-electron chi connectivity index (χ3n) is 5.48. The number of rotatable bonds is 23. The van der Waals surface area contributed by atoms with Gasteiger partial charge in [0.1, 0.15) is 0 Å². The normalized spacial score (nSPS) is 14.2. The zero-order chi connectivity index (χ0) is 22.6. The Morgan fingerprint density at radius 1 is 0.600 bits per heavy atom. The van der Waals surface area contributed by atoms with Crippen LogP contribution in [0, 0.1) is 0 Å². The van der Waals surface area contributed by atoms with Gasteiger partial charge in [-0.1, -0.05) is 77.6 Å². The molecule has 0 bridgehead atoms. The summed E-state index contributed by atoms with van der Waals surface area (Å²) in [5, 5.41) is 1.14. The van der Waals surface area contributed by atoms with Crippen molar-refractivity contribution in [2.45, 2.75) is 138 Å². The van der Waals surface area contributed by atoms with Crippen LogP contribution >= 0.6 is 7.82 Å². The molecule has 0 saturated heterocycles. The van der Waals surface area contributed by atoms with Gasteiger partial charge in [-0.2, -0.15) is 0 Å². The fourth-order valence-electron chi connectivity index (χ4n) is 3.59. The minimum absolute atomic E-state index is 0.322. The fraction of sp³-hybridized carbons (Fsp3) is 1.00. The van der Waals surface area contributed by atoms with E-state index in [1.54, 1.807) is 0 Å². The van der Waals surface area contributed by atoms with Crippen LogP contribution in [0.4, 0.5) is 0 Å². The first-order chi connectivity index (χ1) is 14.3. The Labute approximate surface area is 191 Å². The van der Waals surface area contributed by atoms with Gasteiger partial charge in [0, 0.05) is 0 Å². The van der Waals surface area contributed by atoms with E-state index in [0.717, 1.165) is 24.5 Å². The molecule has 4 nitrogen and oxygen atoms in total. The van der Waals surface area contributed by atoms with Crippen molar-refractivity contribution in [1.82, 2.24) is 0 Å². The van der Waals surface area contributed by atoms with Gasteiger partial charge < -0.3 is 0 Å². The van der Waals surface area contributed by atoms with Gasteiger partial charge in [-0.3, -0.25) is 0 Å². The molecular formula is C24H53AsO4P. The quantitative estimate of drug-likeness (QED) is 0.0844. The summed E-state index contributed by atoms with van der Waals surface area (Å²) in [6.07, 6.45) is 21.9. The molecule has 0 rings (SSSR count). The average Bonchev–Trinajstić information content (AvgIpc) is 2.67. The first-order valence-electron chi connectivity index (χ1n) is 12.7. The van der Waals surface area contributed by atoms with Gasteiger partial charge >= 0.3 is 114 Å². The molecule has 6 heteroatoms. The van der Waals surface area contributed by atoms with Gasteiger partial charge in [-0.25, -0.2) is 0 Å². The standard InChI is InChI=1S/C24H53AsO4P/c1-5-6-7-8-9-10-11-12-13-14-15-16-17-18-19-20-23-28-30(26,27)29-24-21-22-25(2,3)4/h5-24H2,1-4H3,(H,26,27). The van der Waals surface area contributed by atoms with Gasteiger partial charge in [0.2, 0.25) is 0 Å². The summed E-state index contributed by atoms with van der Waals surface area (Å²) in [5.74, 6) is 0. The molecule has 0 aromatic rings. The van der Waals surface area contributed by atoms with Crippen LogP contribution in [0.3, 0.4) is 0 Å². The van der Waals surface area contributed by atoms with Crippen molar-refractivity contribution in [2.24, 2.45) is 0 Å². The second kappa shape index (κ2) is 20.3. The maximum absolute atomic E-state index is 11.8. The van der Waals surface area contributed by atoms with Crippen molar-refractivity contribution in [1.29, 1.82) is 0 Å². The van der Waals surface area contributed by atoms with E-state index >= 15 is 0 Å². The Morgan fingerprint density at radius 3 is 1.30 bits per heavy atom. The maximum atomic E-state index is 11.8.